The first kappa shape index (κ1) is 13.8. The molecule has 0 spiro atoms. The van der Waals surface area contributed by atoms with Crippen LogP contribution >= 0.6 is 0 Å². The van der Waals surface area contributed by atoms with Crippen molar-refractivity contribution in [2.45, 2.75) is 46.1 Å². The number of nitrogens with one attached hydrogen (secondary N) is 1. The molecule has 0 aromatic carbocycles. The Morgan fingerprint density at radius 1 is 1.44 bits per heavy atom. The summed E-state index contributed by atoms with van der Waals surface area (Å²) >= 11 is 0. The maximum absolute atomic E-state index is 10.5. The van der Waals surface area contributed by atoms with Crippen molar-refractivity contribution in [1.82, 2.24) is 5.32 Å². The Morgan fingerprint density at radius 3 is 2.67 bits per heavy atom. The molecule has 1 amide bonds. The molecule has 0 radical (unpaired) electrons. The topological polar surface area (TPSA) is 64.3 Å². The molecule has 2 aliphatic rings. The summed E-state index contributed by atoms with van der Waals surface area (Å²) in [6.45, 7) is 8.63. The molecular weight excluding hydrogens is 228 g/mol. The minimum absolute atomic E-state index is 0.0255. The van der Waals surface area contributed by atoms with Crippen LogP contribution < -0.4 is 11.1 Å². The van der Waals surface area contributed by atoms with Gasteiger partial charge in [-0.25, -0.2) is 0 Å². The zero-order valence-corrected chi connectivity index (χ0v) is 11.8. The van der Waals surface area contributed by atoms with Crippen LogP contribution in [0, 0.1) is 16.7 Å². The molecule has 0 aromatic heterocycles. The van der Waals surface area contributed by atoms with Crippen LogP contribution in [0.4, 0.5) is 0 Å². The summed E-state index contributed by atoms with van der Waals surface area (Å²) in [5.41, 5.74) is 5.87. The lowest BCUT2D eigenvalue weighted by atomic mass is 9.69. The van der Waals surface area contributed by atoms with Gasteiger partial charge in [0.25, 0.3) is 0 Å². The van der Waals surface area contributed by atoms with E-state index in [2.05, 4.69) is 26.1 Å². The van der Waals surface area contributed by atoms with Gasteiger partial charge in [-0.15, -0.1) is 0 Å². The molecule has 2 rings (SSSR count). The van der Waals surface area contributed by atoms with Crippen molar-refractivity contribution in [3.8, 4) is 0 Å². The average molecular weight is 254 g/mol. The molecule has 4 nitrogen and oxygen atoms in total. The number of amides is 1. The van der Waals surface area contributed by atoms with Crippen LogP contribution in [0.15, 0.2) is 0 Å². The van der Waals surface area contributed by atoms with Gasteiger partial charge >= 0.3 is 0 Å². The number of fused-ring (bicyclic) bond motifs is 2. The highest BCUT2D eigenvalue weighted by molar-refractivity contribution is 5.74. The van der Waals surface area contributed by atoms with E-state index in [0.29, 0.717) is 23.5 Å². The van der Waals surface area contributed by atoms with E-state index in [1.165, 1.54) is 19.3 Å². The summed E-state index contributed by atoms with van der Waals surface area (Å²) in [7, 11) is 0. The van der Waals surface area contributed by atoms with Crippen LogP contribution in [0.25, 0.3) is 0 Å². The lowest BCUT2D eigenvalue weighted by Gasteiger charge is -2.39. The molecule has 0 saturated heterocycles. The second kappa shape index (κ2) is 4.82. The van der Waals surface area contributed by atoms with Gasteiger partial charge in [0.05, 0.1) is 6.61 Å². The average Bonchev–Trinajstić information content (AvgIpc) is 2.61. The maximum atomic E-state index is 10.5. The predicted molar refractivity (Wildman–Crippen MR) is 71.0 cm³/mol. The van der Waals surface area contributed by atoms with Crippen molar-refractivity contribution in [3.05, 3.63) is 0 Å². The van der Waals surface area contributed by atoms with Crippen LogP contribution in [0.1, 0.15) is 40.0 Å². The molecule has 18 heavy (non-hydrogen) atoms. The molecule has 2 saturated carbocycles. The van der Waals surface area contributed by atoms with Crippen molar-refractivity contribution >= 4 is 5.91 Å². The van der Waals surface area contributed by atoms with Crippen LogP contribution in [0.5, 0.6) is 0 Å². The fourth-order valence-corrected chi connectivity index (χ4v) is 3.99. The van der Waals surface area contributed by atoms with Gasteiger partial charge in [0.1, 0.15) is 6.61 Å². The minimum atomic E-state index is -0.400. The molecule has 2 fully saturated rings. The molecular formula is C14H26N2O2. The third-order valence-electron chi connectivity index (χ3n) is 5.68. The van der Waals surface area contributed by atoms with E-state index < -0.39 is 5.91 Å². The zero-order chi connectivity index (χ0) is 13.4. The van der Waals surface area contributed by atoms with E-state index in [4.69, 9.17) is 10.5 Å². The van der Waals surface area contributed by atoms with Crippen LogP contribution in [0.2, 0.25) is 0 Å². The smallest absolute Gasteiger partial charge is 0.243 e. The number of hydrogen-bond acceptors (Lipinski definition) is 3. The van der Waals surface area contributed by atoms with Gasteiger partial charge in [0.2, 0.25) is 5.91 Å². The van der Waals surface area contributed by atoms with E-state index in [-0.39, 0.29) is 6.61 Å². The first-order chi connectivity index (χ1) is 8.38. The fourth-order valence-electron chi connectivity index (χ4n) is 3.99. The third kappa shape index (κ3) is 2.16. The van der Waals surface area contributed by atoms with Crippen LogP contribution in [0.3, 0.4) is 0 Å². The lowest BCUT2D eigenvalue weighted by Crippen LogP contribution is -2.45. The van der Waals surface area contributed by atoms with Gasteiger partial charge in [-0.3, -0.25) is 4.79 Å². The van der Waals surface area contributed by atoms with Crippen molar-refractivity contribution in [2.24, 2.45) is 22.5 Å². The van der Waals surface area contributed by atoms with E-state index in [1.807, 2.05) is 0 Å². The van der Waals surface area contributed by atoms with Crippen molar-refractivity contribution in [3.63, 3.8) is 0 Å². The lowest BCUT2D eigenvalue weighted by molar-refractivity contribution is -0.122. The van der Waals surface area contributed by atoms with Crippen molar-refractivity contribution in [2.75, 3.05) is 19.8 Å². The Labute approximate surface area is 110 Å². The summed E-state index contributed by atoms with van der Waals surface area (Å²) in [5, 5.41) is 3.61. The van der Waals surface area contributed by atoms with Crippen molar-refractivity contribution in [1.29, 1.82) is 0 Å². The van der Waals surface area contributed by atoms with Gasteiger partial charge in [0.15, 0.2) is 0 Å². The molecule has 2 bridgehead atoms. The van der Waals surface area contributed by atoms with Crippen LogP contribution in [-0.2, 0) is 9.53 Å². The summed E-state index contributed by atoms with van der Waals surface area (Å²) in [6, 6.07) is 0.587. The monoisotopic (exact) mass is 254 g/mol. The second-order valence-corrected chi connectivity index (χ2v) is 6.64. The SMILES string of the molecule is CC1(C)C2CCC1(C)C(NCCOCC(N)=O)C2. The van der Waals surface area contributed by atoms with Gasteiger partial charge in [-0.2, -0.15) is 0 Å². The minimum Gasteiger partial charge on any atom is -0.370 e. The molecule has 104 valence electrons. The largest absolute Gasteiger partial charge is 0.370 e. The van der Waals surface area contributed by atoms with E-state index in [9.17, 15) is 4.79 Å². The molecule has 0 heterocycles. The molecule has 0 aliphatic heterocycles. The van der Waals surface area contributed by atoms with Gasteiger partial charge in [-0.1, -0.05) is 20.8 Å². The number of carbonyl (C=O) groups excluding carboxylic acids is 1. The zero-order valence-electron chi connectivity index (χ0n) is 11.8. The van der Waals surface area contributed by atoms with E-state index in [0.717, 1.165) is 12.5 Å². The predicted octanol–water partition coefficient (Wildman–Crippen LogP) is 1.29. The van der Waals surface area contributed by atoms with Gasteiger partial charge < -0.3 is 15.8 Å². The summed E-state index contributed by atoms with van der Waals surface area (Å²) in [6.07, 6.45) is 3.98. The van der Waals surface area contributed by atoms with E-state index >= 15 is 0 Å². The summed E-state index contributed by atoms with van der Waals surface area (Å²) in [5.74, 6) is 0.453. The highest BCUT2D eigenvalue weighted by atomic mass is 16.5. The molecule has 3 unspecified atom stereocenters. The number of primary amides is 1. The molecule has 3 N–H and O–H groups in total. The fraction of sp³-hybridized carbons (Fsp3) is 0.929. The highest BCUT2D eigenvalue weighted by Crippen LogP contribution is 2.65. The van der Waals surface area contributed by atoms with Gasteiger partial charge in [0, 0.05) is 12.6 Å². The Kier molecular flexibility index (Phi) is 3.70. The number of nitrogens with two attached hydrogens (primary N) is 1. The second-order valence-electron chi connectivity index (χ2n) is 6.64. The molecule has 2 aliphatic carbocycles. The van der Waals surface area contributed by atoms with Crippen LogP contribution in [-0.4, -0.2) is 31.7 Å². The third-order valence-corrected chi connectivity index (χ3v) is 5.68. The Hall–Kier alpha value is -0.610. The molecule has 3 atom stereocenters. The number of hydrogen-bond donors (Lipinski definition) is 2. The first-order valence-electron chi connectivity index (χ1n) is 6.97. The first-order valence-corrected chi connectivity index (χ1v) is 6.97. The summed E-state index contributed by atoms with van der Waals surface area (Å²) in [4.78, 5) is 10.5. The molecule has 0 aromatic rings. The summed E-state index contributed by atoms with van der Waals surface area (Å²) < 4.78 is 5.18. The quantitative estimate of drug-likeness (QED) is 0.702. The highest BCUT2D eigenvalue weighted by Gasteiger charge is 2.60. The van der Waals surface area contributed by atoms with E-state index in [1.54, 1.807) is 0 Å². The Balaban J connectivity index is 1.77. The number of rotatable bonds is 6. The van der Waals surface area contributed by atoms with Crippen molar-refractivity contribution < 1.29 is 9.53 Å². The maximum Gasteiger partial charge on any atom is 0.243 e. The number of ether oxygens (including phenoxy) is 1. The standard InChI is InChI=1S/C14H26N2O2/c1-13(2)10-4-5-14(13,3)11(8-10)16-6-7-18-9-12(15)17/h10-11,16H,4-9H2,1-3H3,(H2,15,17). The Bertz CT molecular complexity index is 330. The molecule has 4 heteroatoms. The Morgan fingerprint density at radius 2 is 2.17 bits per heavy atom. The normalized spacial score (nSPS) is 37.1. The van der Waals surface area contributed by atoms with Gasteiger partial charge in [-0.05, 0) is 36.0 Å². The number of carbonyl (C=O) groups is 1.